The summed E-state index contributed by atoms with van der Waals surface area (Å²) in [6.07, 6.45) is 0. The van der Waals surface area contributed by atoms with Crippen molar-refractivity contribution in [1.29, 1.82) is 0 Å². The van der Waals surface area contributed by atoms with E-state index in [9.17, 15) is 9.59 Å². The van der Waals surface area contributed by atoms with Crippen LogP contribution in [0.3, 0.4) is 0 Å². The molecule has 2 amide bonds. The molecule has 18 heavy (non-hydrogen) atoms. The van der Waals surface area contributed by atoms with Crippen LogP contribution >= 0.6 is 0 Å². The summed E-state index contributed by atoms with van der Waals surface area (Å²) < 4.78 is 4.98. The van der Waals surface area contributed by atoms with E-state index in [4.69, 9.17) is 9.84 Å². The van der Waals surface area contributed by atoms with Crippen molar-refractivity contribution >= 4 is 12.0 Å². The summed E-state index contributed by atoms with van der Waals surface area (Å²) in [5.41, 5.74) is 0. The number of carboxylic acid groups (broad SMARTS) is 1. The molecule has 1 fully saturated rings. The zero-order valence-electron chi connectivity index (χ0n) is 11.2. The van der Waals surface area contributed by atoms with Gasteiger partial charge in [-0.25, -0.2) is 4.79 Å². The van der Waals surface area contributed by atoms with Gasteiger partial charge in [0.1, 0.15) is 0 Å². The molecule has 1 aliphatic rings. The molecule has 6 heteroatoms. The van der Waals surface area contributed by atoms with Crippen molar-refractivity contribution in [3.8, 4) is 0 Å². The van der Waals surface area contributed by atoms with E-state index in [0.717, 1.165) is 0 Å². The Morgan fingerprint density at radius 1 is 1.50 bits per heavy atom. The molecule has 0 aliphatic carbocycles. The van der Waals surface area contributed by atoms with Gasteiger partial charge in [-0.05, 0) is 11.8 Å². The molecule has 0 bridgehead atoms. The van der Waals surface area contributed by atoms with E-state index in [1.54, 1.807) is 12.0 Å². The number of urea groups is 1. The molecule has 1 unspecified atom stereocenters. The van der Waals surface area contributed by atoms with Crippen molar-refractivity contribution in [2.75, 3.05) is 33.4 Å². The number of rotatable bonds is 5. The zero-order chi connectivity index (χ0) is 13.7. The summed E-state index contributed by atoms with van der Waals surface area (Å²) in [7, 11) is 1.62. The number of nitrogens with zero attached hydrogens (tertiary/aromatic N) is 1. The first-order chi connectivity index (χ1) is 8.45. The van der Waals surface area contributed by atoms with Gasteiger partial charge in [0.15, 0.2) is 0 Å². The highest BCUT2D eigenvalue weighted by molar-refractivity contribution is 5.77. The average Bonchev–Trinajstić information content (AvgIpc) is 2.69. The number of carbonyl (C=O) groups excluding carboxylic acids is 1. The number of carbonyl (C=O) groups is 2. The van der Waals surface area contributed by atoms with Gasteiger partial charge >= 0.3 is 12.0 Å². The predicted octanol–water partition coefficient (Wildman–Crippen LogP) is 0.631. The van der Waals surface area contributed by atoms with Crippen molar-refractivity contribution in [2.24, 2.45) is 17.8 Å². The van der Waals surface area contributed by atoms with E-state index in [1.807, 2.05) is 13.8 Å². The van der Waals surface area contributed by atoms with Gasteiger partial charge in [-0.1, -0.05) is 13.8 Å². The summed E-state index contributed by atoms with van der Waals surface area (Å²) in [4.78, 5) is 24.4. The summed E-state index contributed by atoms with van der Waals surface area (Å²) in [6, 6.07) is -0.187. The first-order valence-electron chi connectivity index (χ1n) is 6.20. The fourth-order valence-electron chi connectivity index (χ4n) is 2.17. The second-order valence-corrected chi connectivity index (χ2v) is 5.07. The van der Waals surface area contributed by atoms with Gasteiger partial charge in [0.05, 0.1) is 12.5 Å². The number of carboxylic acids is 1. The molecular weight excluding hydrogens is 236 g/mol. The number of amides is 2. The molecule has 0 spiro atoms. The highest BCUT2D eigenvalue weighted by Gasteiger charge is 2.36. The molecule has 104 valence electrons. The fraction of sp³-hybridized carbons (Fsp3) is 0.833. The van der Waals surface area contributed by atoms with Gasteiger partial charge in [0.25, 0.3) is 0 Å². The van der Waals surface area contributed by atoms with E-state index < -0.39 is 11.9 Å². The average molecular weight is 258 g/mol. The maximum atomic E-state index is 11.8. The Morgan fingerprint density at radius 3 is 2.67 bits per heavy atom. The Morgan fingerprint density at radius 2 is 2.17 bits per heavy atom. The molecule has 2 N–H and O–H groups in total. The summed E-state index contributed by atoms with van der Waals surface area (Å²) >= 11 is 0. The van der Waals surface area contributed by atoms with E-state index in [2.05, 4.69) is 5.32 Å². The van der Waals surface area contributed by atoms with Crippen molar-refractivity contribution in [1.82, 2.24) is 10.2 Å². The third-order valence-corrected chi connectivity index (χ3v) is 3.27. The molecule has 1 saturated heterocycles. The van der Waals surface area contributed by atoms with Crippen LogP contribution in [0.25, 0.3) is 0 Å². The maximum absolute atomic E-state index is 11.8. The second-order valence-electron chi connectivity index (χ2n) is 5.07. The molecule has 6 nitrogen and oxygen atoms in total. The standard InChI is InChI=1S/C12H22N2O4/c1-8(7-18-3)4-13-12(17)14-5-9(2)10(6-14)11(15)16/h8-10H,4-7H2,1-3H3,(H,13,17)(H,15,16)/t8?,9-,10-/m1/s1. The predicted molar refractivity (Wildman–Crippen MR) is 66.3 cm³/mol. The zero-order valence-corrected chi connectivity index (χ0v) is 11.2. The van der Waals surface area contributed by atoms with Gasteiger partial charge < -0.3 is 20.1 Å². The lowest BCUT2D eigenvalue weighted by Gasteiger charge is -2.18. The lowest BCUT2D eigenvalue weighted by Crippen LogP contribution is -2.41. The molecule has 0 aromatic heterocycles. The summed E-state index contributed by atoms with van der Waals surface area (Å²) in [5, 5.41) is 11.8. The normalized spacial score (nSPS) is 24.9. The molecule has 3 atom stereocenters. The lowest BCUT2D eigenvalue weighted by molar-refractivity contribution is -0.142. The Kier molecular flexibility index (Phi) is 5.40. The van der Waals surface area contributed by atoms with Crippen molar-refractivity contribution in [3.05, 3.63) is 0 Å². The molecule has 1 rings (SSSR count). The molecule has 1 aliphatic heterocycles. The second kappa shape index (κ2) is 6.58. The van der Waals surface area contributed by atoms with E-state index in [-0.39, 0.29) is 17.9 Å². The number of methoxy groups -OCH3 is 1. The fourth-order valence-corrected chi connectivity index (χ4v) is 2.17. The quantitative estimate of drug-likeness (QED) is 0.758. The van der Waals surface area contributed by atoms with Gasteiger partial charge in [0, 0.05) is 26.7 Å². The minimum Gasteiger partial charge on any atom is -0.481 e. The van der Waals surface area contributed by atoms with Crippen LogP contribution < -0.4 is 5.32 Å². The van der Waals surface area contributed by atoms with Gasteiger partial charge in [0.2, 0.25) is 0 Å². The number of aliphatic carboxylic acids is 1. The summed E-state index contributed by atoms with van der Waals surface area (Å²) in [6.45, 7) is 5.77. The summed E-state index contributed by atoms with van der Waals surface area (Å²) in [5.74, 6) is -1.03. The number of hydrogen-bond donors (Lipinski definition) is 2. The molecule has 1 heterocycles. The van der Waals surface area contributed by atoms with Gasteiger partial charge in [-0.15, -0.1) is 0 Å². The largest absolute Gasteiger partial charge is 0.481 e. The minimum absolute atomic E-state index is 0.00430. The smallest absolute Gasteiger partial charge is 0.317 e. The molecule has 0 saturated carbocycles. The van der Waals surface area contributed by atoms with Crippen LogP contribution in [-0.4, -0.2) is 55.4 Å². The molecule has 0 aromatic rings. The van der Waals surface area contributed by atoms with Crippen LogP contribution in [0.1, 0.15) is 13.8 Å². The van der Waals surface area contributed by atoms with Crippen LogP contribution in [0.15, 0.2) is 0 Å². The topological polar surface area (TPSA) is 78.9 Å². The van der Waals surface area contributed by atoms with E-state index in [0.29, 0.717) is 26.2 Å². The number of likely N-dealkylation sites (tertiary alicyclic amines) is 1. The number of ether oxygens (including phenoxy) is 1. The number of hydrogen-bond acceptors (Lipinski definition) is 3. The van der Waals surface area contributed by atoms with Crippen LogP contribution in [0.4, 0.5) is 4.79 Å². The Labute approximate surface area is 107 Å². The minimum atomic E-state index is -0.828. The van der Waals surface area contributed by atoms with Crippen LogP contribution in [0.2, 0.25) is 0 Å². The lowest BCUT2D eigenvalue weighted by atomic mass is 9.99. The molecular formula is C12H22N2O4. The Bertz CT molecular complexity index is 308. The molecule has 0 aromatic carbocycles. The third-order valence-electron chi connectivity index (χ3n) is 3.27. The van der Waals surface area contributed by atoms with E-state index in [1.165, 1.54) is 0 Å². The van der Waals surface area contributed by atoms with Crippen molar-refractivity contribution in [3.63, 3.8) is 0 Å². The highest BCUT2D eigenvalue weighted by Crippen LogP contribution is 2.22. The van der Waals surface area contributed by atoms with Gasteiger partial charge in [-0.3, -0.25) is 4.79 Å². The Hall–Kier alpha value is -1.30. The molecule has 0 radical (unpaired) electrons. The maximum Gasteiger partial charge on any atom is 0.317 e. The third kappa shape index (κ3) is 3.87. The van der Waals surface area contributed by atoms with E-state index >= 15 is 0 Å². The van der Waals surface area contributed by atoms with Gasteiger partial charge in [-0.2, -0.15) is 0 Å². The van der Waals surface area contributed by atoms with Crippen LogP contribution in [0.5, 0.6) is 0 Å². The first-order valence-corrected chi connectivity index (χ1v) is 6.20. The van der Waals surface area contributed by atoms with Crippen molar-refractivity contribution in [2.45, 2.75) is 13.8 Å². The highest BCUT2D eigenvalue weighted by atomic mass is 16.5. The first kappa shape index (κ1) is 14.8. The van der Waals surface area contributed by atoms with Crippen molar-refractivity contribution < 1.29 is 19.4 Å². The van der Waals surface area contributed by atoms with Crippen LogP contribution in [0, 0.1) is 17.8 Å². The monoisotopic (exact) mass is 258 g/mol. The van der Waals surface area contributed by atoms with Crippen LogP contribution in [-0.2, 0) is 9.53 Å². The number of nitrogens with one attached hydrogen (secondary N) is 1. The Balaban J connectivity index is 2.38. The SMILES string of the molecule is COCC(C)CNC(=O)N1C[C@@H](C)[C@H](C(=O)O)C1.